The molecule has 1 heterocycles. The predicted octanol–water partition coefficient (Wildman–Crippen LogP) is 1.43. The highest BCUT2D eigenvalue weighted by atomic mass is 16.1. The Morgan fingerprint density at radius 1 is 1.20 bits per heavy atom. The molecule has 0 unspecified atom stereocenters. The van der Waals surface area contributed by atoms with Crippen LogP contribution in [0.15, 0.2) is 0 Å². The van der Waals surface area contributed by atoms with Crippen LogP contribution in [0.1, 0.15) is 39.0 Å². The van der Waals surface area contributed by atoms with Crippen LogP contribution in [0.5, 0.6) is 0 Å². The lowest BCUT2D eigenvalue weighted by atomic mass is 10.1. The highest BCUT2D eigenvalue weighted by Crippen LogP contribution is 2.03. The largest absolute Gasteiger partial charge is 0.314 e. The zero-order valence-electron chi connectivity index (χ0n) is 9.93. The molecule has 88 valence electrons. The molecule has 1 aliphatic rings. The van der Waals surface area contributed by atoms with E-state index in [2.05, 4.69) is 17.1 Å². The van der Waals surface area contributed by atoms with Crippen LogP contribution in [-0.4, -0.2) is 43.4 Å². The van der Waals surface area contributed by atoms with Crippen molar-refractivity contribution in [1.82, 2.24) is 10.2 Å². The van der Waals surface area contributed by atoms with E-state index in [0.717, 1.165) is 52.0 Å². The summed E-state index contributed by atoms with van der Waals surface area (Å²) < 4.78 is 0. The third-order valence-corrected chi connectivity index (χ3v) is 2.98. The van der Waals surface area contributed by atoms with Gasteiger partial charge in [0.15, 0.2) is 0 Å². The number of hydrogen-bond donors (Lipinski definition) is 1. The molecule has 1 fully saturated rings. The molecule has 0 spiro atoms. The zero-order chi connectivity index (χ0) is 10.9. The minimum atomic E-state index is 0.446. The fourth-order valence-electron chi connectivity index (χ4n) is 1.91. The van der Waals surface area contributed by atoms with Gasteiger partial charge < -0.3 is 10.2 Å². The van der Waals surface area contributed by atoms with Crippen molar-refractivity contribution in [2.24, 2.45) is 0 Å². The average molecular weight is 212 g/mol. The van der Waals surface area contributed by atoms with Crippen LogP contribution in [0.4, 0.5) is 0 Å². The zero-order valence-corrected chi connectivity index (χ0v) is 9.93. The number of rotatable bonds is 7. The molecule has 0 aromatic carbocycles. The van der Waals surface area contributed by atoms with Crippen LogP contribution in [-0.2, 0) is 4.79 Å². The van der Waals surface area contributed by atoms with Gasteiger partial charge in [-0.2, -0.15) is 0 Å². The minimum absolute atomic E-state index is 0.446. The molecule has 15 heavy (non-hydrogen) atoms. The van der Waals surface area contributed by atoms with Gasteiger partial charge in [-0.05, 0) is 6.42 Å². The second kappa shape index (κ2) is 7.83. The molecule has 0 aromatic rings. The molecule has 0 aliphatic carbocycles. The lowest BCUT2D eigenvalue weighted by Gasteiger charge is -2.26. The molecule has 0 saturated carbocycles. The molecule has 0 bridgehead atoms. The second-order valence-corrected chi connectivity index (χ2v) is 4.34. The third kappa shape index (κ3) is 5.90. The van der Waals surface area contributed by atoms with Gasteiger partial charge in [0.1, 0.15) is 5.78 Å². The number of nitrogens with zero attached hydrogens (tertiary/aromatic N) is 1. The maximum Gasteiger partial charge on any atom is 0.134 e. The summed E-state index contributed by atoms with van der Waals surface area (Å²) in [5.74, 6) is 0.446. The Hall–Kier alpha value is -0.410. The number of carbonyl (C=O) groups is 1. The quantitative estimate of drug-likeness (QED) is 0.648. The van der Waals surface area contributed by atoms with Crippen LogP contribution in [0.25, 0.3) is 0 Å². The average Bonchev–Trinajstić information content (AvgIpc) is 2.28. The number of Topliss-reactive ketones (excluding diaryl/α,β-unsaturated/α-hetero) is 1. The number of nitrogens with one attached hydrogen (secondary N) is 1. The van der Waals surface area contributed by atoms with Crippen molar-refractivity contribution in [2.75, 3.05) is 32.7 Å². The van der Waals surface area contributed by atoms with Crippen molar-refractivity contribution in [2.45, 2.75) is 39.0 Å². The Morgan fingerprint density at radius 3 is 2.60 bits per heavy atom. The van der Waals surface area contributed by atoms with E-state index in [0.29, 0.717) is 5.78 Å². The fourth-order valence-corrected chi connectivity index (χ4v) is 1.91. The Labute approximate surface area is 93.2 Å². The molecular formula is C12H24N2O. The van der Waals surface area contributed by atoms with Crippen molar-refractivity contribution >= 4 is 5.78 Å². The number of carbonyl (C=O) groups excluding carboxylic acids is 1. The summed E-state index contributed by atoms with van der Waals surface area (Å²) in [7, 11) is 0. The number of hydrogen-bond acceptors (Lipinski definition) is 3. The van der Waals surface area contributed by atoms with Gasteiger partial charge >= 0.3 is 0 Å². The van der Waals surface area contributed by atoms with Gasteiger partial charge in [-0.25, -0.2) is 0 Å². The maximum atomic E-state index is 11.5. The van der Waals surface area contributed by atoms with Crippen molar-refractivity contribution < 1.29 is 4.79 Å². The van der Waals surface area contributed by atoms with Crippen LogP contribution < -0.4 is 5.32 Å². The van der Waals surface area contributed by atoms with Gasteiger partial charge in [-0.1, -0.05) is 19.8 Å². The van der Waals surface area contributed by atoms with E-state index in [9.17, 15) is 4.79 Å². The molecule has 3 nitrogen and oxygen atoms in total. The highest BCUT2D eigenvalue weighted by molar-refractivity contribution is 5.78. The van der Waals surface area contributed by atoms with Gasteiger partial charge in [0.2, 0.25) is 0 Å². The third-order valence-electron chi connectivity index (χ3n) is 2.98. The number of ketones is 1. The number of unbranched alkanes of at least 4 members (excludes halogenated alkanes) is 2. The summed E-state index contributed by atoms with van der Waals surface area (Å²) in [4.78, 5) is 13.9. The van der Waals surface area contributed by atoms with Gasteiger partial charge in [0, 0.05) is 45.6 Å². The van der Waals surface area contributed by atoms with Crippen molar-refractivity contribution in [3.8, 4) is 0 Å². The Kier molecular flexibility index (Phi) is 6.60. The Balaban J connectivity index is 2.00. The second-order valence-electron chi connectivity index (χ2n) is 4.34. The maximum absolute atomic E-state index is 11.5. The Bertz CT molecular complexity index is 176. The first-order valence-corrected chi connectivity index (χ1v) is 6.27. The molecule has 1 aliphatic heterocycles. The van der Waals surface area contributed by atoms with Gasteiger partial charge in [-0.15, -0.1) is 0 Å². The summed E-state index contributed by atoms with van der Waals surface area (Å²) in [5, 5.41) is 3.32. The SMILES string of the molecule is CCCCCC(=O)CCN1CCNCC1. The van der Waals surface area contributed by atoms with Crippen molar-refractivity contribution in [1.29, 1.82) is 0 Å². The molecule has 0 aromatic heterocycles. The van der Waals surface area contributed by atoms with Crippen molar-refractivity contribution in [3.63, 3.8) is 0 Å². The van der Waals surface area contributed by atoms with Crippen LogP contribution in [0, 0.1) is 0 Å². The van der Waals surface area contributed by atoms with E-state index >= 15 is 0 Å². The molecule has 1 N–H and O–H groups in total. The molecule has 1 saturated heterocycles. The van der Waals surface area contributed by atoms with Crippen molar-refractivity contribution in [3.05, 3.63) is 0 Å². The fraction of sp³-hybridized carbons (Fsp3) is 0.917. The van der Waals surface area contributed by atoms with E-state index in [1.807, 2.05) is 0 Å². The summed E-state index contributed by atoms with van der Waals surface area (Å²) in [6.07, 6.45) is 5.02. The summed E-state index contributed by atoms with van der Waals surface area (Å²) in [6, 6.07) is 0. The van der Waals surface area contributed by atoms with Crippen LogP contribution >= 0.6 is 0 Å². The first-order valence-electron chi connectivity index (χ1n) is 6.27. The van der Waals surface area contributed by atoms with E-state index in [1.54, 1.807) is 0 Å². The summed E-state index contributed by atoms with van der Waals surface area (Å²) >= 11 is 0. The number of piperazine rings is 1. The van der Waals surface area contributed by atoms with E-state index in [4.69, 9.17) is 0 Å². The highest BCUT2D eigenvalue weighted by Gasteiger charge is 2.10. The molecule has 3 heteroatoms. The normalized spacial score (nSPS) is 17.9. The first-order chi connectivity index (χ1) is 7.33. The lowest BCUT2D eigenvalue weighted by molar-refractivity contribution is -0.119. The minimum Gasteiger partial charge on any atom is -0.314 e. The monoisotopic (exact) mass is 212 g/mol. The van der Waals surface area contributed by atoms with Gasteiger partial charge in [0.05, 0.1) is 0 Å². The predicted molar refractivity (Wildman–Crippen MR) is 63.1 cm³/mol. The first kappa shape index (κ1) is 12.7. The summed E-state index contributed by atoms with van der Waals surface area (Å²) in [6.45, 7) is 7.48. The molecule has 1 rings (SSSR count). The standard InChI is InChI=1S/C12H24N2O/c1-2-3-4-5-12(15)6-9-14-10-7-13-8-11-14/h13H,2-11H2,1H3. The Morgan fingerprint density at radius 2 is 1.93 bits per heavy atom. The topological polar surface area (TPSA) is 32.3 Å². The van der Waals surface area contributed by atoms with E-state index in [1.165, 1.54) is 12.8 Å². The summed E-state index contributed by atoms with van der Waals surface area (Å²) in [5.41, 5.74) is 0. The molecule has 0 atom stereocenters. The van der Waals surface area contributed by atoms with Crippen LogP contribution in [0.3, 0.4) is 0 Å². The molecule has 0 radical (unpaired) electrons. The van der Waals surface area contributed by atoms with Gasteiger partial charge in [0.25, 0.3) is 0 Å². The smallest absolute Gasteiger partial charge is 0.134 e. The molecule has 0 amide bonds. The molecular weight excluding hydrogens is 188 g/mol. The van der Waals surface area contributed by atoms with Gasteiger partial charge in [-0.3, -0.25) is 4.79 Å². The van der Waals surface area contributed by atoms with E-state index in [-0.39, 0.29) is 0 Å². The van der Waals surface area contributed by atoms with Crippen LogP contribution in [0.2, 0.25) is 0 Å². The van der Waals surface area contributed by atoms with E-state index < -0.39 is 0 Å². The lowest BCUT2D eigenvalue weighted by Crippen LogP contribution is -2.44.